The molecule has 1 aromatic carbocycles. The van der Waals surface area contributed by atoms with Gasteiger partial charge in [0.05, 0.1) is 19.0 Å². The van der Waals surface area contributed by atoms with Crippen LogP contribution >= 0.6 is 0 Å². The third-order valence-electron chi connectivity index (χ3n) is 5.81. The van der Waals surface area contributed by atoms with Gasteiger partial charge in [0.2, 0.25) is 0 Å². The average Bonchev–Trinajstić information content (AvgIpc) is 3.55. The van der Waals surface area contributed by atoms with Gasteiger partial charge in [-0.3, -0.25) is 9.20 Å². The first-order valence-electron chi connectivity index (χ1n) is 11.7. The summed E-state index contributed by atoms with van der Waals surface area (Å²) in [5.41, 5.74) is 7.74. The summed E-state index contributed by atoms with van der Waals surface area (Å²) in [6.45, 7) is -0.584. The van der Waals surface area contributed by atoms with E-state index in [-0.39, 0.29) is 29.1 Å². The molecule has 2 aromatic heterocycles. The summed E-state index contributed by atoms with van der Waals surface area (Å²) in [5.74, 6) is -0.00707. The minimum atomic E-state index is -3.10. The Bertz CT molecular complexity index is 1180. The molecule has 4 rings (SSSR count). The molecule has 188 valence electrons. The number of methoxy groups -OCH3 is 1. The summed E-state index contributed by atoms with van der Waals surface area (Å²) in [4.78, 5) is 17.2. The predicted octanol–water partition coefficient (Wildman–Crippen LogP) is 4.40. The highest BCUT2D eigenvalue weighted by molar-refractivity contribution is 6.01. The molecule has 1 atom stereocenters. The van der Waals surface area contributed by atoms with Gasteiger partial charge < -0.3 is 25.3 Å². The highest BCUT2D eigenvalue weighted by Gasteiger charge is 2.29. The number of carbonyl (C=O) groups excluding carboxylic acids is 1. The Balaban J connectivity index is 1.63. The van der Waals surface area contributed by atoms with Gasteiger partial charge in [-0.05, 0) is 37.5 Å². The van der Waals surface area contributed by atoms with E-state index in [1.807, 2.05) is 0 Å². The zero-order valence-electron chi connectivity index (χ0n) is 19.8. The molecule has 0 radical (unpaired) electrons. The first-order valence-corrected chi connectivity index (χ1v) is 11.7. The molecule has 0 bridgehead atoms. The second-order valence-electron chi connectivity index (χ2n) is 8.63. The number of ether oxygens (including phenoxy) is 3. The Kier molecular flexibility index (Phi) is 7.70. The molecular weight excluding hydrogens is 458 g/mol. The summed E-state index contributed by atoms with van der Waals surface area (Å²) in [7, 11) is 1.38. The van der Waals surface area contributed by atoms with E-state index in [0.717, 1.165) is 32.1 Å². The van der Waals surface area contributed by atoms with Crippen molar-refractivity contribution in [1.82, 2.24) is 14.7 Å². The Morgan fingerprint density at radius 1 is 1.29 bits per heavy atom. The zero-order chi connectivity index (χ0) is 24.9. The number of pyridine rings is 1. The van der Waals surface area contributed by atoms with E-state index in [2.05, 4.69) is 17.2 Å². The van der Waals surface area contributed by atoms with Gasteiger partial charge in [0, 0.05) is 29.9 Å². The Hall–Kier alpha value is -3.40. The third-order valence-corrected chi connectivity index (χ3v) is 5.81. The maximum absolute atomic E-state index is 13.2. The topological polar surface area (TPSA) is 100 Å². The van der Waals surface area contributed by atoms with Crippen LogP contribution in [0.1, 0.15) is 49.4 Å². The minimum Gasteiger partial charge on any atom is -0.496 e. The number of hydrogen-bond donors (Lipinski definition) is 2. The Morgan fingerprint density at radius 2 is 2.06 bits per heavy atom. The van der Waals surface area contributed by atoms with Gasteiger partial charge >= 0.3 is 6.61 Å². The van der Waals surface area contributed by atoms with Crippen LogP contribution in [0.15, 0.2) is 36.7 Å². The molecule has 1 amide bonds. The number of nitrogens with one attached hydrogen (secondary N) is 1. The Morgan fingerprint density at radius 3 is 2.74 bits per heavy atom. The number of aromatic nitrogens is 2. The number of hydrogen-bond acceptors (Lipinski definition) is 6. The molecule has 1 aliphatic carbocycles. The molecule has 1 saturated carbocycles. The molecule has 1 aliphatic rings. The number of nitrogens with two attached hydrogens (primary N) is 1. The lowest BCUT2D eigenvalue weighted by Crippen LogP contribution is -2.27. The number of amides is 1. The lowest BCUT2D eigenvalue weighted by atomic mass is 10.1. The standard InChI is InChI=1S/C25H30F2N4O4/c1-3-4-5-16(28)14-34-18-8-9-31-19(13-29-22(31)12-18)15-10-20(33-2)23(21(11-15)35-25(26)27)24(32)30-17-6-7-17/h8-13,16-17,25H,3-7,14,28H2,1-2H3,(H,30,32). The lowest BCUT2D eigenvalue weighted by molar-refractivity contribution is -0.0502. The molecular formula is C25H30F2N4O4. The SMILES string of the molecule is CCCCC(N)COc1ccn2c(-c3cc(OC)c(C(=O)NC4CC4)c(OC(F)F)c3)cnc2c1. The van der Waals surface area contributed by atoms with Crippen molar-refractivity contribution in [2.75, 3.05) is 13.7 Å². The molecule has 3 aromatic rings. The predicted molar refractivity (Wildman–Crippen MR) is 127 cm³/mol. The number of nitrogens with zero attached hydrogens (tertiary/aromatic N) is 2. The molecule has 0 saturated heterocycles. The minimum absolute atomic E-state index is 0.0437. The summed E-state index contributed by atoms with van der Waals surface area (Å²) < 4.78 is 44.1. The fraction of sp³-hybridized carbons (Fsp3) is 0.440. The number of alkyl halides is 2. The molecule has 3 N–H and O–H groups in total. The van der Waals surface area contributed by atoms with Gasteiger partial charge in [0.15, 0.2) is 0 Å². The van der Waals surface area contributed by atoms with Crippen LogP contribution in [0.3, 0.4) is 0 Å². The number of benzene rings is 1. The maximum Gasteiger partial charge on any atom is 0.387 e. The molecule has 35 heavy (non-hydrogen) atoms. The van der Waals surface area contributed by atoms with E-state index < -0.39 is 12.5 Å². The van der Waals surface area contributed by atoms with Crippen LogP contribution in [0, 0.1) is 0 Å². The number of rotatable bonds is 12. The van der Waals surface area contributed by atoms with Crippen LogP contribution < -0.4 is 25.3 Å². The zero-order valence-corrected chi connectivity index (χ0v) is 19.8. The van der Waals surface area contributed by atoms with Crippen molar-refractivity contribution in [2.24, 2.45) is 5.73 Å². The summed E-state index contributed by atoms with van der Waals surface area (Å²) >= 11 is 0. The number of fused-ring (bicyclic) bond motifs is 1. The summed E-state index contributed by atoms with van der Waals surface area (Å²) in [6.07, 6.45) is 8.12. The fourth-order valence-corrected chi connectivity index (χ4v) is 3.81. The molecule has 0 spiro atoms. The summed E-state index contributed by atoms with van der Waals surface area (Å²) in [5, 5.41) is 2.80. The van der Waals surface area contributed by atoms with Gasteiger partial charge in [0.25, 0.3) is 5.91 Å². The van der Waals surface area contributed by atoms with E-state index in [1.54, 1.807) is 35.0 Å². The number of unbranched alkanes of at least 4 members (excludes halogenated alkanes) is 1. The number of carbonyl (C=O) groups is 1. The summed E-state index contributed by atoms with van der Waals surface area (Å²) in [6, 6.07) is 6.58. The van der Waals surface area contributed by atoms with Gasteiger partial charge in [-0.15, -0.1) is 0 Å². The second-order valence-corrected chi connectivity index (χ2v) is 8.63. The number of imidazole rings is 1. The largest absolute Gasteiger partial charge is 0.496 e. The van der Waals surface area contributed by atoms with Crippen molar-refractivity contribution in [1.29, 1.82) is 0 Å². The van der Waals surface area contributed by atoms with E-state index in [4.69, 9.17) is 19.9 Å². The number of halogens is 2. The first kappa shape index (κ1) is 24.7. The molecule has 1 fully saturated rings. The van der Waals surface area contributed by atoms with Gasteiger partial charge in [-0.2, -0.15) is 8.78 Å². The van der Waals surface area contributed by atoms with Crippen LogP contribution in [0.5, 0.6) is 17.2 Å². The quantitative estimate of drug-likeness (QED) is 0.392. The van der Waals surface area contributed by atoms with Gasteiger partial charge in [-0.1, -0.05) is 19.8 Å². The van der Waals surface area contributed by atoms with Crippen LogP contribution in [0.2, 0.25) is 0 Å². The van der Waals surface area contributed by atoms with Crippen molar-refractivity contribution in [3.05, 3.63) is 42.2 Å². The van der Waals surface area contributed by atoms with Crippen LogP contribution in [0.25, 0.3) is 16.9 Å². The van der Waals surface area contributed by atoms with Crippen LogP contribution in [-0.4, -0.2) is 47.7 Å². The van der Waals surface area contributed by atoms with Crippen molar-refractivity contribution in [3.63, 3.8) is 0 Å². The molecule has 8 nitrogen and oxygen atoms in total. The van der Waals surface area contributed by atoms with Gasteiger partial charge in [-0.25, -0.2) is 4.98 Å². The molecule has 2 heterocycles. The average molecular weight is 489 g/mol. The van der Waals surface area contributed by atoms with Crippen LogP contribution in [0.4, 0.5) is 8.78 Å². The van der Waals surface area contributed by atoms with E-state index in [0.29, 0.717) is 29.3 Å². The van der Waals surface area contributed by atoms with Crippen molar-refractivity contribution in [3.8, 4) is 28.5 Å². The third kappa shape index (κ3) is 6.00. The van der Waals surface area contributed by atoms with Gasteiger partial charge in [0.1, 0.15) is 35.1 Å². The van der Waals surface area contributed by atoms with E-state index >= 15 is 0 Å². The van der Waals surface area contributed by atoms with Crippen LogP contribution in [-0.2, 0) is 0 Å². The van der Waals surface area contributed by atoms with Crippen molar-refractivity contribution >= 4 is 11.6 Å². The lowest BCUT2D eigenvalue weighted by Gasteiger charge is -2.16. The monoisotopic (exact) mass is 488 g/mol. The smallest absolute Gasteiger partial charge is 0.387 e. The first-order chi connectivity index (χ1) is 16.9. The highest BCUT2D eigenvalue weighted by Crippen LogP contribution is 2.37. The van der Waals surface area contributed by atoms with E-state index in [9.17, 15) is 13.6 Å². The fourth-order valence-electron chi connectivity index (χ4n) is 3.81. The van der Waals surface area contributed by atoms with Crippen molar-refractivity contribution in [2.45, 2.75) is 57.7 Å². The Labute approximate surface area is 202 Å². The van der Waals surface area contributed by atoms with Crippen molar-refractivity contribution < 1.29 is 27.8 Å². The normalized spacial score (nSPS) is 14.2. The molecule has 10 heteroatoms. The maximum atomic E-state index is 13.2. The molecule has 0 aliphatic heterocycles. The van der Waals surface area contributed by atoms with E-state index in [1.165, 1.54) is 13.2 Å². The molecule has 1 unspecified atom stereocenters. The highest BCUT2D eigenvalue weighted by atomic mass is 19.3. The second kappa shape index (κ2) is 10.9.